The Morgan fingerprint density at radius 1 is 1.26 bits per heavy atom. The summed E-state index contributed by atoms with van der Waals surface area (Å²) in [4.78, 5) is 2.30. The molecule has 0 fully saturated rings. The first-order chi connectivity index (χ1) is 8.77. The number of sulfonamides is 1. The molecule has 2 N–H and O–H groups in total. The van der Waals surface area contributed by atoms with Crippen molar-refractivity contribution in [1.82, 2.24) is 15.2 Å². The maximum atomic E-state index is 12.1. The van der Waals surface area contributed by atoms with Crippen molar-refractivity contribution >= 4 is 33.2 Å². The molecule has 8 heteroatoms. The lowest BCUT2D eigenvalue weighted by atomic mass is 10.2. The van der Waals surface area contributed by atoms with Crippen molar-refractivity contribution < 1.29 is 8.42 Å². The van der Waals surface area contributed by atoms with Crippen LogP contribution >= 0.6 is 23.2 Å². The van der Waals surface area contributed by atoms with E-state index in [4.69, 9.17) is 23.2 Å². The summed E-state index contributed by atoms with van der Waals surface area (Å²) in [5.41, 5.74) is 0.648. The maximum absolute atomic E-state index is 12.1. The molecule has 1 rings (SSSR count). The van der Waals surface area contributed by atoms with E-state index in [1.807, 2.05) is 6.92 Å². The van der Waals surface area contributed by atoms with Crippen LogP contribution in [0, 0.1) is 0 Å². The van der Waals surface area contributed by atoms with E-state index in [0.717, 1.165) is 6.54 Å². The van der Waals surface area contributed by atoms with Crippen molar-refractivity contribution in [2.75, 3.05) is 20.6 Å². The van der Waals surface area contributed by atoms with Crippen LogP contribution in [-0.4, -0.2) is 34.1 Å². The minimum Gasteiger partial charge on any atom is -0.313 e. The molecule has 0 heterocycles. The van der Waals surface area contributed by atoms with Crippen LogP contribution in [0.25, 0.3) is 0 Å². The average Bonchev–Trinajstić information content (AvgIpc) is 2.28. The van der Waals surface area contributed by atoms with Crippen LogP contribution in [0.5, 0.6) is 0 Å². The molecule has 1 aromatic carbocycles. The predicted octanol–water partition coefficient (Wildman–Crippen LogP) is 1.86. The van der Waals surface area contributed by atoms with Crippen molar-refractivity contribution in [2.45, 2.75) is 18.4 Å². The van der Waals surface area contributed by atoms with Crippen LogP contribution in [0.2, 0.25) is 10.0 Å². The third-order valence-electron chi connectivity index (χ3n) is 2.24. The van der Waals surface area contributed by atoms with Gasteiger partial charge in [-0.1, -0.05) is 30.1 Å². The molecule has 5 nitrogen and oxygen atoms in total. The number of benzene rings is 1. The first-order valence-electron chi connectivity index (χ1n) is 5.66. The topological polar surface area (TPSA) is 61.4 Å². The standard InChI is InChI=1S/C11H17Cl2N3O2S/c1-4-14-7-8-5-9(12)6-10(11(8)13)19(17,18)15-16(2)3/h5-6,14-15H,4,7H2,1-3H3. The molecule has 0 aliphatic carbocycles. The Bertz CT molecular complexity index is 547. The lowest BCUT2D eigenvalue weighted by molar-refractivity contribution is 0.364. The summed E-state index contributed by atoms with van der Waals surface area (Å²) in [6.45, 7) is 3.16. The summed E-state index contributed by atoms with van der Waals surface area (Å²) >= 11 is 12.1. The molecule has 108 valence electrons. The number of hydrogen-bond acceptors (Lipinski definition) is 4. The average molecular weight is 326 g/mol. The third kappa shape index (κ3) is 4.59. The monoisotopic (exact) mass is 325 g/mol. The van der Waals surface area contributed by atoms with E-state index in [0.29, 0.717) is 17.1 Å². The number of nitrogens with zero attached hydrogens (tertiary/aromatic N) is 1. The molecule has 0 saturated carbocycles. The quantitative estimate of drug-likeness (QED) is 0.784. The number of nitrogens with one attached hydrogen (secondary N) is 2. The SMILES string of the molecule is CCNCc1cc(Cl)cc(S(=O)(=O)NN(C)C)c1Cl. The van der Waals surface area contributed by atoms with Crippen LogP contribution in [0.15, 0.2) is 17.0 Å². The zero-order valence-corrected chi connectivity index (χ0v) is 13.3. The van der Waals surface area contributed by atoms with Gasteiger partial charge in [-0.25, -0.2) is 13.4 Å². The lowest BCUT2D eigenvalue weighted by Crippen LogP contribution is -2.36. The van der Waals surface area contributed by atoms with Gasteiger partial charge in [-0.3, -0.25) is 0 Å². The molecule has 1 aromatic rings. The summed E-state index contributed by atoms with van der Waals surface area (Å²) in [6.07, 6.45) is 0. The summed E-state index contributed by atoms with van der Waals surface area (Å²) in [5.74, 6) is 0. The van der Waals surface area contributed by atoms with Gasteiger partial charge >= 0.3 is 0 Å². The van der Waals surface area contributed by atoms with Crippen LogP contribution in [0.3, 0.4) is 0 Å². The van der Waals surface area contributed by atoms with Crippen LogP contribution < -0.4 is 10.1 Å². The minimum absolute atomic E-state index is 0.0248. The molecule has 0 saturated heterocycles. The fourth-order valence-corrected chi connectivity index (χ4v) is 3.51. The number of halogens is 2. The number of hydrazine groups is 1. The molecular formula is C11H17Cl2N3O2S. The molecule has 0 spiro atoms. The molecule has 0 aromatic heterocycles. The van der Waals surface area contributed by atoms with Gasteiger partial charge in [-0.2, -0.15) is 0 Å². The van der Waals surface area contributed by atoms with Gasteiger partial charge in [0.1, 0.15) is 4.90 Å². The second-order valence-electron chi connectivity index (χ2n) is 4.15. The molecular weight excluding hydrogens is 309 g/mol. The highest BCUT2D eigenvalue weighted by Gasteiger charge is 2.21. The Kier molecular flexibility index (Phi) is 6.04. The van der Waals surface area contributed by atoms with E-state index < -0.39 is 10.0 Å². The Hall–Kier alpha value is -0.370. The van der Waals surface area contributed by atoms with Gasteiger partial charge in [0, 0.05) is 25.7 Å². The largest absolute Gasteiger partial charge is 0.313 e. The zero-order chi connectivity index (χ0) is 14.6. The second kappa shape index (κ2) is 6.88. The summed E-state index contributed by atoms with van der Waals surface area (Å²) in [7, 11) is -0.571. The van der Waals surface area contributed by atoms with Gasteiger partial charge in [-0.05, 0) is 24.2 Å². The molecule has 0 aliphatic heterocycles. The van der Waals surface area contributed by atoms with Crippen molar-refractivity contribution in [3.05, 3.63) is 27.7 Å². The van der Waals surface area contributed by atoms with Crippen molar-refractivity contribution in [3.63, 3.8) is 0 Å². The Morgan fingerprint density at radius 2 is 1.89 bits per heavy atom. The van der Waals surface area contributed by atoms with E-state index in [1.165, 1.54) is 11.1 Å². The van der Waals surface area contributed by atoms with Gasteiger partial charge in [0.25, 0.3) is 10.0 Å². The molecule has 0 amide bonds. The van der Waals surface area contributed by atoms with E-state index in [9.17, 15) is 8.42 Å². The van der Waals surface area contributed by atoms with E-state index in [-0.39, 0.29) is 9.92 Å². The molecule has 19 heavy (non-hydrogen) atoms. The highest BCUT2D eigenvalue weighted by atomic mass is 35.5. The van der Waals surface area contributed by atoms with Crippen molar-refractivity contribution in [2.24, 2.45) is 0 Å². The van der Waals surface area contributed by atoms with Crippen molar-refractivity contribution in [1.29, 1.82) is 0 Å². The fraction of sp³-hybridized carbons (Fsp3) is 0.455. The van der Waals surface area contributed by atoms with Crippen LogP contribution in [0.4, 0.5) is 0 Å². The highest BCUT2D eigenvalue weighted by Crippen LogP contribution is 2.29. The van der Waals surface area contributed by atoms with Crippen LogP contribution in [0.1, 0.15) is 12.5 Å². The Morgan fingerprint density at radius 3 is 2.42 bits per heavy atom. The first kappa shape index (κ1) is 16.7. The van der Waals surface area contributed by atoms with E-state index in [2.05, 4.69) is 10.1 Å². The van der Waals surface area contributed by atoms with Gasteiger partial charge in [0.15, 0.2) is 0 Å². The summed E-state index contributed by atoms with van der Waals surface area (Å²) in [5, 5.41) is 4.92. The third-order valence-corrected chi connectivity index (χ3v) is 4.52. The molecule has 0 bridgehead atoms. The summed E-state index contributed by atoms with van der Waals surface area (Å²) in [6, 6.07) is 2.99. The van der Waals surface area contributed by atoms with Gasteiger partial charge in [-0.15, -0.1) is 4.83 Å². The lowest BCUT2D eigenvalue weighted by Gasteiger charge is -2.15. The fourth-order valence-electron chi connectivity index (χ4n) is 1.49. The maximum Gasteiger partial charge on any atom is 0.254 e. The molecule has 0 radical (unpaired) electrons. The highest BCUT2D eigenvalue weighted by molar-refractivity contribution is 7.89. The molecule has 0 aliphatic rings. The normalized spacial score (nSPS) is 12.1. The molecule has 0 unspecified atom stereocenters. The number of rotatable bonds is 6. The van der Waals surface area contributed by atoms with Gasteiger partial charge in [0.05, 0.1) is 5.02 Å². The predicted molar refractivity (Wildman–Crippen MR) is 77.9 cm³/mol. The summed E-state index contributed by atoms with van der Waals surface area (Å²) < 4.78 is 24.3. The smallest absolute Gasteiger partial charge is 0.254 e. The Balaban J connectivity index is 3.24. The number of hydrogen-bond donors (Lipinski definition) is 2. The van der Waals surface area contributed by atoms with Gasteiger partial charge in [0.2, 0.25) is 0 Å². The first-order valence-corrected chi connectivity index (χ1v) is 7.90. The second-order valence-corrected chi connectivity index (χ2v) is 6.59. The Labute approximate surface area is 123 Å². The van der Waals surface area contributed by atoms with E-state index >= 15 is 0 Å². The van der Waals surface area contributed by atoms with Crippen molar-refractivity contribution in [3.8, 4) is 0 Å². The van der Waals surface area contributed by atoms with Gasteiger partial charge < -0.3 is 5.32 Å². The molecule has 0 atom stereocenters. The van der Waals surface area contributed by atoms with E-state index in [1.54, 1.807) is 20.2 Å². The zero-order valence-electron chi connectivity index (χ0n) is 11.0. The minimum atomic E-state index is -3.73. The van der Waals surface area contributed by atoms with Crippen LogP contribution in [-0.2, 0) is 16.6 Å².